The van der Waals surface area contributed by atoms with Crippen molar-refractivity contribution in [2.45, 2.75) is 0 Å². The molecule has 13 heavy (non-hydrogen) atoms. The first-order chi connectivity index (χ1) is 6.34. The summed E-state index contributed by atoms with van der Waals surface area (Å²) in [4.78, 5) is 3.92. The first-order valence-electron chi connectivity index (χ1n) is 3.66. The van der Waals surface area contributed by atoms with Gasteiger partial charge >= 0.3 is 0 Å². The molecule has 1 aromatic heterocycles. The summed E-state index contributed by atoms with van der Waals surface area (Å²) in [6.45, 7) is 0. The van der Waals surface area contributed by atoms with E-state index in [1.54, 1.807) is 11.7 Å². The lowest BCUT2D eigenvalue weighted by Crippen LogP contribution is -1.79. The Labute approximate surface area is 88.3 Å². The molecule has 0 saturated carbocycles. The van der Waals surface area contributed by atoms with Crippen LogP contribution in [0.15, 0.2) is 40.4 Å². The molecule has 0 fully saturated rings. The molecule has 0 radical (unpaired) electrons. The predicted molar refractivity (Wildman–Crippen MR) is 56.3 cm³/mol. The Kier molecular flexibility index (Phi) is 2.61. The van der Waals surface area contributed by atoms with E-state index in [-0.39, 0.29) is 0 Å². The van der Waals surface area contributed by atoms with Crippen LogP contribution in [-0.4, -0.2) is 4.98 Å². The highest BCUT2D eigenvalue weighted by atomic mass is 79.9. The highest BCUT2D eigenvalue weighted by Gasteiger charge is 1.97. The van der Waals surface area contributed by atoms with E-state index in [1.165, 1.54) is 11.3 Å². The summed E-state index contributed by atoms with van der Waals surface area (Å²) in [7, 11) is 0. The number of ether oxygens (including phenoxy) is 1. The Bertz CT molecular complexity index is 371. The SMILES string of the molecule is Brc1ccc(Oc2cncs2)cc1. The van der Waals surface area contributed by atoms with Crippen LogP contribution < -0.4 is 4.74 Å². The van der Waals surface area contributed by atoms with Crippen molar-refractivity contribution in [3.8, 4) is 10.8 Å². The van der Waals surface area contributed by atoms with Gasteiger partial charge in [-0.1, -0.05) is 27.3 Å². The summed E-state index contributed by atoms with van der Waals surface area (Å²) >= 11 is 4.83. The van der Waals surface area contributed by atoms with E-state index in [1.807, 2.05) is 24.3 Å². The van der Waals surface area contributed by atoms with Crippen LogP contribution in [0.3, 0.4) is 0 Å². The van der Waals surface area contributed by atoms with Crippen LogP contribution in [0.25, 0.3) is 0 Å². The molecule has 4 heteroatoms. The van der Waals surface area contributed by atoms with Gasteiger partial charge in [-0.3, -0.25) is 0 Å². The Hall–Kier alpha value is -0.870. The van der Waals surface area contributed by atoms with Gasteiger partial charge in [0, 0.05) is 4.47 Å². The number of nitrogens with zero attached hydrogens (tertiary/aromatic N) is 1. The van der Waals surface area contributed by atoms with E-state index >= 15 is 0 Å². The molecule has 0 amide bonds. The zero-order chi connectivity index (χ0) is 9.10. The van der Waals surface area contributed by atoms with Crippen molar-refractivity contribution in [3.05, 3.63) is 40.4 Å². The Morgan fingerprint density at radius 2 is 2.00 bits per heavy atom. The summed E-state index contributed by atoms with van der Waals surface area (Å²) in [5.41, 5.74) is 1.74. The lowest BCUT2D eigenvalue weighted by molar-refractivity contribution is 0.495. The molecule has 2 aromatic rings. The average molecular weight is 256 g/mol. The molecule has 0 aliphatic rings. The molecular weight excluding hydrogens is 250 g/mol. The number of hydrogen-bond acceptors (Lipinski definition) is 3. The van der Waals surface area contributed by atoms with Gasteiger partial charge in [0.15, 0.2) is 0 Å². The van der Waals surface area contributed by atoms with Crippen LogP contribution >= 0.6 is 27.3 Å². The second-order valence-corrected chi connectivity index (χ2v) is 4.14. The molecule has 2 nitrogen and oxygen atoms in total. The summed E-state index contributed by atoms with van der Waals surface area (Å²) in [5.74, 6) is 0.826. The molecule has 0 atom stereocenters. The Morgan fingerprint density at radius 3 is 2.62 bits per heavy atom. The normalized spacial score (nSPS) is 9.92. The number of rotatable bonds is 2. The summed E-state index contributed by atoms with van der Waals surface area (Å²) in [5, 5.41) is 0.808. The van der Waals surface area contributed by atoms with Crippen LogP contribution in [0, 0.1) is 0 Å². The zero-order valence-corrected chi connectivity index (χ0v) is 9.01. The number of halogens is 1. The quantitative estimate of drug-likeness (QED) is 0.817. The third-order valence-electron chi connectivity index (χ3n) is 1.44. The van der Waals surface area contributed by atoms with Gasteiger partial charge in [0.2, 0.25) is 5.06 Å². The number of benzene rings is 1. The molecule has 0 bridgehead atoms. The zero-order valence-electron chi connectivity index (χ0n) is 6.61. The standard InChI is InChI=1S/C9H6BrNOS/c10-7-1-3-8(4-2-7)12-9-5-11-6-13-9/h1-6H. The van der Waals surface area contributed by atoms with Crippen molar-refractivity contribution in [3.63, 3.8) is 0 Å². The van der Waals surface area contributed by atoms with Crippen molar-refractivity contribution in [1.29, 1.82) is 0 Å². The van der Waals surface area contributed by atoms with E-state index in [0.717, 1.165) is 15.3 Å². The molecule has 0 aliphatic heterocycles. The summed E-state index contributed by atoms with van der Waals surface area (Å²) in [6.07, 6.45) is 1.70. The molecule has 1 heterocycles. The van der Waals surface area contributed by atoms with Crippen molar-refractivity contribution < 1.29 is 4.74 Å². The lowest BCUT2D eigenvalue weighted by atomic mass is 10.3. The minimum absolute atomic E-state index is 0.808. The van der Waals surface area contributed by atoms with Crippen LogP contribution in [0.4, 0.5) is 0 Å². The molecule has 0 spiro atoms. The van der Waals surface area contributed by atoms with E-state index in [2.05, 4.69) is 20.9 Å². The Balaban J connectivity index is 2.15. The molecular formula is C9H6BrNOS. The van der Waals surface area contributed by atoms with Crippen LogP contribution in [0.5, 0.6) is 10.8 Å². The van der Waals surface area contributed by atoms with Gasteiger partial charge < -0.3 is 4.74 Å². The monoisotopic (exact) mass is 255 g/mol. The third-order valence-corrected chi connectivity index (χ3v) is 2.62. The van der Waals surface area contributed by atoms with Crippen molar-refractivity contribution in [2.75, 3.05) is 0 Å². The molecule has 0 saturated heterocycles. The first-order valence-corrected chi connectivity index (χ1v) is 5.34. The maximum Gasteiger partial charge on any atom is 0.200 e. The number of hydrogen-bond donors (Lipinski definition) is 0. The van der Waals surface area contributed by atoms with Gasteiger partial charge in [0.05, 0.1) is 11.7 Å². The van der Waals surface area contributed by atoms with E-state index in [0.29, 0.717) is 0 Å². The average Bonchev–Trinajstić information content (AvgIpc) is 2.62. The van der Waals surface area contributed by atoms with E-state index in [9.17, 15) is 0 Å². The third kappa shape index (κ3) is 2.29. The molecule has 0 N–H and O–H groups in total. The highest BCUT2D eigenvalue weighted by molar-refractivity contribution is 9.10. The maximum absolute atomic E-state index is 5.51. The van der Waals surface area contributed by atoms with Crippen LogP contribution in [-0.2, 0) is 0 Å². The van der Waals surface area contributed by atoms with Crippen molar-refractivity contribution in [1.82, 2.24) is 4.98 Å². The minimum atomic E-state index is 0.808. The smallest absolute Gasteiger partial charge is 0.200 e. The largest absolute Gasteiger partial charge is 0.445 e. The van der Waals surface area contributed by atoms with Crippen LogP contribution in [0.1, 0.15) is 0 Å². The second kappa shape index (κ2) is 3.89. The fraction of sp³-hybridized carbons (Fsp3) is 0. The van der Waals surface area contributed by atoms with Gasteiger partial charge in [-0.25, -0.2) is 4.98 Å². The van der Waals surface area contributed by atoms with Crippen LogP contribution in [0.2, 0.25) is 0 Å². The van der Waals surface area contributed by atoms with Gasteiger partial charge in [-0.05, 0) is 24.3 Å². The molecule has 66 valence electrons. The lowest BCUT2D eigenvalue weighted by Gasteiger charge is -2.00. The predicted octanol–water partition coefficient (Wildman–Crippen LogP) is 3.70. The molecule has 1 aromatic carbocycles. The summed E-state index contributed by atoms with van der Waals surface area (Å²) < 4.78 is 6.55. The summed E-state index contributed by atoms with van der Waals surface area (Å²) in [6, 6.07) is 7.69. The fourth-order valence-corrected chi connectivity index (χ4v) is 1.63. The van der Waals surface area contributed by atoms with E-state index in [4.69, 9.17) is 4.74 Å². The Morgan fingerprint density at radius 1 is 1.23 bits per heavy atom. The van der Waals surface area contributed by atoms with Crippen molar-refractivity contribution in [2.24, 2.45) is 0 Å². The minimum Gasteiger partial charge on any atom is -0.445 e. The molecule has 2 rings (SSSR count). The van der Waals surface area contributed by atoms with Gasteiger partial charge in [-0.2, -0.15) is 0 Å². The molecule has 0 unspecified atom stereocenters. The van der Waals surface area contributed by atoms with Gasteiger partial charge in [-0.15, -0.1) is 0 Å². The van der Waals surface area contributed by atoms with Gasteiger partial charge in [0.1, 0.15) is 5.75 Å². The van der Waals surface area contributed by atoms with Gasteiger partial charge in [0.25, 0.3) is 0 Å². The van der Waals surface area contributed by atoms with Crippen molar-refractivity contribution >= 4 is 27.3 Å². The highest BCUT2D eigenvalue weighted by Crippen LogP contribution is 2.25. The number of aromatic nitrogens is 1. The fourth-order valence-electron chi connectivity index (χ4n) is 0.873. The van der Waals surface area contributed by atoms with E-state index < -0.39 is 0 Å². The topological polar surface area (TPSA) is 22.1 Å². The molecule has 0 aliphatic carbocycles. The number of thiazole rings is 1. The second-order valence-electron chi connectivity index (χ2n) is 2.38. The maximum atomic E-state index is 5.51. The first kappa shape index (κ1) is 8.72.